The lowest BCUT2D eigenvalue weighted by Crippen LogP contribution is -2.12. The van der Waals surface area contributed by atoms with Crippen LogP contribution in [-0.4, -0.2) is 22.7 Å². The number of hydrogen-bond donors (Lipinski definition) is 0. The van der Waals surface area contributed by atoms with Gasteiger partial charge in [-0.15, -0.1) is 0 Å². The zero-order valence-corrected chi connectivity index (χ0v) is 9.64. The van der Waals surface area contributed by atoms with Crippen molar-refractivity contribution in [1.29, 1.82) is 0 Å². The van der Waals surface area contributed by atoms with Gasteiger partial charge in [-0.2, -0.15) is 5.10 Å². The van der Waals surface area contributed by atoms with Gasteiger partial charge in [-0.05, 0) is 24.7 Å². The van der Waals surface area contributed by atoms with Crippen molar-refractivity contribution in [1.82, 2.24) is 9.78 Å². The molecule has 0 spiro atoms. The van der Waals surface area contributed by atoms with E-state index in [4.69, 9.17) is 4.74 Å². The molecule has 2 aliphatic rings. The third-order valence-corrected chi connectivity index (χ3v) is 4.07. The van der Waals surface area contributed by atoms with E-state index in [-0.39, 0.29) is 11.7 Å². The standard InChI is InChI=1S/C12H16N2O2/c1-14-11(9(16-2)6-13-14)12(15)10-7-4-3-5-8(7)10/h6-8,10H,3-5H2,1-2H3. The van der Waals surface area contributed by atoms with Crippen molar-refractivity contribution in [3.63, 3.8) is 0 Å². The van der Waals surface area contributed by atoms with Crippen molar-refractivity contribution in [3.05, 3.63) is 11.9 Å². The van der Waals surface area contributed by atoms with E-state index in [2.05, 4.69) is 5.10 Å². The molecule has 2 atom stereocenters. The van der Waals surface area contributed by atoms with Gasteiger partial charge in [0.25, 0.3) is 0 Å². The molecule has 0 N–H and O–H groups in total. The Morgan fingerprint density at radius 1 is 1.50 bits per heavy atom. The molecule has 86 valence electrons. The summed E-state index contributed by atoms with van der Waals surface area (Å²) in [6.45, 7) is 0. The lowest BCUT2D eigenvalue weighted by Gasteiger charge is -2.05. The minimum Gasteiger partial charge on any atom is -0.493 e. The molecule has 0 aliphatic heterocycles. The fraction of sp³-hybridized carbons (Fsp3) is 0.667. The highest BCUT2D eigenvalue weighted by Crippen LogP contribution is 2.58. The number of aryl methyl sites for hydroxylation is 1. The number of hydrogen-bond acceptors (Lipinski definition) is 3. The van der Waals surface area contributed by atoms with Gasteiger partial charge in [0, 0.05) is 13.0 Å². The molecule has 0 radical (unpaired) electrons. The largest absolute Gasteiger partial charge is 0.493 e. The first-order chi connectivity index (χ1) is 7.74. The van der Waals surface area contributed by atoms with E-state index in [1.54, 1.807) is 25.0 Å². The van der Waals surface area contributed by atoms with E-state index < -0.39 is 0 Å². The Morgan fingerprint density at radius 2 is 2.19 bits per heavy atom. The number of carbonyl (C=O) groups excluding carboxylic acids is 1. The predicted molar refractivity (Wildman–Crippen MR) is 58.4 cm³/mol. The lowest BCUT2D eigenvalue weighted by atomic mass is 10.1. The Labute approximate surface area is 94.6 Å². The molecule has 0 amide bonds. The smallest absolute Gasteiger partial charge is 0.188 e. The summed E-state index contributed by atoms with van der Waals surface area (Å²) in [4.78, 5) is 12.3. The highest BCUT2D eigenvalue weighted by atomic mass is 16.5. The topological polar surface area (TPSA) is 44.1 Å². The van der Waals surface area contributed by atoms with Crippen LogP contribution < -0.4 is 4.74 Å². The quantitative estimate of drug-likeness (QED) is 0.728. The molecule has 2 saturated carbocycles. The van der Waals surface area contributed by atoms with Crippen LogP contribution in [0.25, 0.3) is 0 Å². The van der Waals surface area contributed by atoms with Crippen LogP contribution in [0, 0.1) is 17.8 Å². The summed E-state index contributed by atoms with van der Waals surface area (Å²) < 4.78 is 6.82. The fourth-order valence-electron chi connectivity index (χ4n) is 3.22. The van der Waals surface area contributed by atoms with Crippen LogP contribution in [0.2, 0.25) is 0 Å². The average molecular weight is 220 g/mol. The maximum Gasteiger partial charge on any atom is 0.188 e. The van der Waals surface area contributed by atoms with Crippen LogP contribution >= 0.6 is 0 Å². The predicted octanol–water partition coefficient (Wildman–Crippen LogP) is 1.66. The number of nitrogens with zero attached hydrogens (tertiary/aromatic N) is 2. The molecule has 16 heavy (non-hydrogen) atoms. The Morgan fingerprint density at radius 3 is 2.81 bits per heavy atom. The third kappa shape index (κ3) is 1.22. The second-order valence-electron chi connectivity index (χ2n) is 4.83. The third-order valence-electron chi connectivity index (χ3n) is 4.07. The summed E-state index contributed by atoms with van der Waals surface area (Å²) in [5.74, 6) is 2.38. The molecule has 1 aromatic heterocycles. The summed E-state index contributed by atoms with van der Waals surface area (Å²) in [7, 11) is 3.38. The molecule has 2 fully saturated rings. The number of ether oxygens (including phenoxy) is 1. The molecule has 2 unspecified atom stereocenters. The summed E-state index contributed by atoms with van der Waals surface area (Å²) in [6.07, 6.45) is 5.36. The number of ketones is 1. The Hall–Kier alpha value is -1.32. The first-order valence-corrected chi connectivity index (χ1v) is 5.84. The van der Waals surface area contributed by atoms with E-state index in [0.29, 0.717) is 23.3 Å². The molecule has 3 rings (SSSR count). The van der Waals surface area contributed by atoms with Crippen LogP contribution in [0.4, 0.5) is 0 Å². The van der Waals surface area contributed by atoms with Gasteiger partial charge in [0.15, 0.2) is 11.5 Å². The van der Waals surface area contributed by atoms with Crippen molar-refractivity contribution < 1.29 is 9.53 Å². The van der Waals surface area contributed by atoms with Crippen molar-refractivity contribution in [2.75, 3.05) is 7.11 Å². The van der Waals surface area contributed by atoms with Crippen molar-refractivity contribution >= 4 is 5.78 Å². The van der Waals surface area contributed by atoms with Gasteiger partial charge in [-0.3, -0.25) is 9.48 Å². The van der Waals surface area contributed by atoms with E-state index in [0.717, 1.165) is 0 Å². The first-order valence-electron chi connectivity index (χ1n) is 5.84. The van der Waals surface area contributed by atoms with Crippen LogP contribution in [0.5, 0.6) is 5.75 Å². The molecular formula is C12H16N2O2. The van der Waals surface area contributed by atoms with Crippen LogP contribution in [0.3, 0.4) is 0 Å². The summed E-state index contributed by atoms with van der Waals surface area (Å²) >= 11 is 0. The molecule has 0 aromatic carbocycles. The monoisotopic (exact) mass is 220 g/mol. The number of methoxy groups -OCH3 is 1. The molecule has 4 heteroatoms. The van der Waals surface area contributed by atoms with Gasteiger partial charge in [-0.1, -0.05) is 6.42 Å². The highest BCUT2D eigenvalue weighted by Gasteiger charge is 2.57. The zero-order chi connectivity index (χ0) is 11.3. The Balaban J connectivity index is 1.87. The van der Waals surface area contributed by atoms with Gasteiger partial charge in [0.2, 0.25) is 0 Å². The molecule has 0 saturated heterocycles. The molecular weight excluding hydrogens is 204 g/mol. The Kier molecular flexibility index (Phi) is 2.06. The van der Waals surface area contributed by atoms with Gasteiger partial charge in [0.1, 0.15) is 5.69 Å². The zero-order valence-electron chi connectivity index (χ0n) is 9.64. The molecule has 1 aromatic rings. The average Bonchev–Trinajstić information content (AvgIpc) is 2.66. The maximum absolute atomic E-state index is 12.3. The van der Waals surface area contributed by atoms with Crippen molar-refractivity contribution in [2.45, 2.75) is 19.3 Å². The van der Waals surface area contributed by atoms with Gasteiger partial charge >= 0.3 is 0 Å². The summed E-state index contributed by atoms with van der Waals surface area (Å²) in [5, 5.41) is 4.08. The fourth-order valence-corrected chi connectivity index (χ4v) is 3.22. The Bertz CT molecular complexity index is 428. The second kappa shape index (κ2) is 3.34. The van der Waals surface area contributed by atoms with E-state index in [9.17, 15) is 4.79 Å². The number of aromatic nitrogens is 2. The van der Waals surface area contributed by atoms with Crippen LogP contribution in [0.15, 0.2) is 6.20 Å². The van der Waals surface area contributed by atoms with Crippen LogP contribution in [0.1, 0.15) is 29.8 Å². The van der Waals surface area contributed by atoms with Crippen LogP contribution in [-0.2, 0) is 7.05 Å². The maximum atomic E-state index is 12.3. The van der Waals surface area contributed by atoms with E-state index >= 15 is 0 Å². The second-order valence-corrected chi connectivity index (χ2v) is 4.83. The summed E-state index contributed by atoms with van der Waals surface area (Å²) in [5.41, 5.74) is 0.641. The number of carbonyl (C=O) groups is 1. The van der Waals surface area contributed by atoms with Crippen molar-refractivity contribution in [2.24, 2.45) is 24.8 Å². The minimum atomic E-state index is 0.228. The van der Waals surface area contributed by atoms with E-state index in [1.165, 1.54) is 19.3 Å². The first kappa shape index (κ1) is 9.87. The van der Waals surface area contributed by atoms with E-state index in [1.807, 2.05) is 0 Å². The SMILES string of the molecule is COc1cnn(C)c1C(=O)C1C2CCCC21. The normalized spacial score (nSPS) is 31.2. The van der Waals surface area contributed by atoms with Gasteiger partial charge in [0.05, 0.1) is 13.3 Å². The van der Waals surface area contributed by atoms with Gasteiger partial charge in [-0.25, -0.2) is 0 Å². The summed E-state index contributed by atoms with van der Waals surface area (Å²) in [6, 6.07) is 0. The molecule has 4 nitrogen and oxygen atoms in total. The lowest BCUT2D eigenvalue weighted by molar-refractivity contribution is 0.0939. The number of fused-ring (bicyclic) bond motifs is 1. The molecule has 0 bridgehead atoms. The highest BCUT2D eigenvalue weighted by molar-refractivity contribution is 6.00. The molecule has 2 aliphatic carbocycles. The minimum absolute atomic E-state index is 0.228. The van der Waals surface area contributed by atoms with Crippen molar-refractivity contribution in [3.8, 4) is 5.75 Å². The number of Topliss-reactive ketones (excluding diaryl/α,β-unsaturated/α-hetero) is 1. The van der Waals surface area contributed by atoms with Gasteiger partial charge < -0.3 is 4.74 Å². The number of rotatable bonds is 3. The molecule has 1 heterocycles.